The summed E-state index contributed by atoms with van der Waals surface area (Å²) in [6.45, 7) is 73.2. The third kappa shape index (κ3) is 48.9. The topological polar surface area (TPSA) is 206 Å². The zero-order valence-electron chi connectivity index (χ0n) is 92.6. The Morgan fingerprint density at radius 2 is 0.439 bits per heavy atom. The van der Waals surface area contributed by atoms with E-state index in [-0.39, 0.29) is 21.7 Å². The fraction of sp³-hybridized carbons (Fsp3) is 0.390. The molecule has 0 amide bonds. The van der Waals surface area contributed by atoms with Crippen LogP contribution in [-0.4, -0.2) is 69.9 Å². The summed E-state index contributed by atoms with van der Waals surface area (Å²) in [6, 6.07) is 67.1. The Kier molecular flexibility index (Phi) is 74.4. The predicted octanol–water partition coefficient (Wildman–Crippen LogP) is 30.5. The minimum atomic E-state index is -0.101. The zero-order chi connectivity index (χ0) is 113. The van der Waals surface area contributed by atoms with E-state index in [4.69, 9.17) is 0 Å². The Balaban J connectivity index is 0.000000871. The van der Waals surface area contributed by atoms with Crippen LogP contribution in [0, 0.1) is 83.1 Å². The monoisotopic (exact) mass is 2440 g/mol. The minimum absolute atomic E-state index is 0.0407. The molecule has 0 spiro atoms. The summed E-state index contributed by atoms with van der Waals surface area (Å²) in [5, 5.41) is 104. The Hall–Kier alpha value is -2.19. The summed E-state index contributed by atoms with van der Waals surface area (Å²) >= 11 is 8.83. The van der Waals surface area contributed by atoms with E-state index in [0.29, 0.717) is 86.0 Å². The number of halogens is 6. The summed E-state index contributed by atoms with van der Waals surface area (Å²) in [4.78, 5) is 0. The van der Waals surface area contributed by atoms with Crippen LogP contribution in [0.5, 0.6) is 34.5 Å². The van der Waals surface area contributed by atoms with Crippen molar-refractivity contribution < 1.29 is 147 Å². The van der Waals surface area contributed by atoms with Crippen LogP contribution in [0.1, 0.15) is 247 Å². The van der Waals surface area contributed by atoms with Crippen LogP contribution >= 0.6 is 107 Å². The van der Waals surface area contributed by atoms with Crippen LogP contribution in [0.3, 0.4) is 0 Å². The molecule has 0 fully saturated rings. The van der Waals surface area contributed by atoms with Crippen LogP contribution < -0.4 is 63.7 Å². The van der Waals surface area contributed by atoms with E-state index in [2.05, 4.69) is 432 Å². The molecule has 792 valence electrons. The molecule has 0 aliphatic carbocycles. The van der Waals surface area contributed by atoms with Gasteiger partial charge in [-0.2, -0.15) is 39.3 Å². The van der Waals surface area contributed by atoms with E-state index in [0.717, 1.165) is 138 Å². The second-order valence-corrected chi connectivity index (χ2v) is 47.1. The molecule has 12 aromatic carbocycles. The van der Waals surface area contributed by atoms with E-state index in [9.17, 15) is 30.6 Å². The quantitative estimate of drug-likeness (QED) is 0.0191. The summed E-state index contributed by atoms with van der Waals surface area (Å²) in [7, 11) is 30.6. The van der Waals surface area contributed by atoms with Crippen molar-refractivity contribution in [3.8, 4) is 34.5 Å². The first-order valence-electron chi connectivity index (χ1n) is 49.2. The van der Waals surface area contributed by atoms with Crippen LogP contribution in [0.15, 0.2) is 194 Å². The van der Waals surface area contributed by atoms with E-state index < -0.39 is 0 Å². The average Bonchev–Trinajstić information content (AvgIpc) is 0.776. The van der Waals surface area contributed by atoms with Gasteiger partial charge >= 0.3 is 172 Å². The molecule has 0 saturated carbocycles. The number of benzene rings is 12. The molecular weight excluding hydrogens is 2280 g/mol. The zero-order valence-corrected chi connectivity index (χ0v) is 112. The van der Waals surface area contributed by atoms with Crippen molar-refractivity contribution in [1.29, 1.82) is 0 Å². The first-order valence-corrected chi connectivity index (χ1v) is 68.1. The number of aryl methyl sites for hydroxylation is 12. The molecular formula is C118H158Cl6N6O6P6Ti6. The van der Waals surface area contributed by atoms with Gasteiger partial charge in [-0.3, -0.25) is 0 Å². The number of nitrogens with zero attached hydrogens (tertiary/aromatic N) is 6. The number of aromatic hydroxyl groups is 6. The van der Waals surface area contributed by atoms with Crippen molar-refractivity contribution in [2.75, 3.05) is 39.3 Å². The standard InChI is InChI=1S/C24H35NOP.2C21H29NOP.C18H23NOP.2C17H21NOP.6ClH.6Ti/c1-9-25-15-17-12-10-11-16(2)22(17)27-20-14-18(23(3,4)5)13-19(21(20)26)24(6,7)8;1-7-22-13-16-10-8-9-15(3)20(16)24-18-12-14(2)11-17(19(18)23)21(4,5)6;1-7-22-13-16-10-8-9-14(2)20(16)24-18-12-17(21(4,5)6)11-15(3)19(18)23;1-5-19-11-15-8-6-7-13(3)18(15)21-16-10-12(2)9-14(4)17(16)20;1-4-18-11-14-9-5-8-13(3)17(14)20-15-10-6-7-12(2)16(15)19;1-4-18-11-14-7-5-6-13(3)17(14)20-16-10-12(2)8-9-15(16)19;;;;;;;;;;;;/h10-14,26-27H,9,15H2,1-8H3;2*8-12,23-24H,7,13H2,1-6H3;6-10,20-21H,5,11H2,1-4H3;2*5-10,19-20H,4,11H2,1-3H3;6*1H;;;;;;/q6*-1;;;;;;;6*+2/p-6. The second kappa shape index (κ2) is 76.5. The summed E-state index contributed by atoms with van der Waals surface area (Å²) in [5.74, 6) is 2.58. The Bertz CT molecular complexity index is 5860. The molecule has 0 saturated heterocycles. The number of para-hydroxylation sites is 1. The van der Waals surface area contributed by atoms with Gasteiger partial charge in [-0.25, -0.2) is 0 Å². The predicted molar refractivity (Wildman–Crippen MR) is 645 cm³/mol. The first kappa shape index (κ1) is 144. The van der Waals surface area contributed by atoms with Crippen molar-refractivity contribution in [3.63, 3.8) is 0 Å². The van der Waals surface area contributed by atoms with Crippen LogP contribution in [0.25, 0.3) is 31.9 Å². The van der Waals surface area contributed by atoms with E-state index in [1.807, 2.05) is 51.1 Å². The maximum absolute atomic E-state index is 11.1. The Labute approximate surface area is 997 Å². The molecule has 0 aliphatic heterocycles. The summed E-state index contributed by atoms with van der Waals surface area (Å²) in [5.41, 5.74) is 26.2. The molecule has 30 heteroatoms. The number of phenolic OH excluding ortho intramolecular Hbond substituents is 6. The van der Waals surface area contributed by atoms with Crippen LogP contribution in [0.4, 0.5) is 0 Å². The second-order valence-electron chi connectivity index (χ2n) is 39.4. The molecule has 6 atom stereocenters. The van der Waals surface area contributed by atoms with Gasteiger partial charge in [0.15, 0.2) is 0 Å². The molecule has 6 unspecified atom stereocenters. The van der Waals surface area contributed by atoms with Gasteiger partial charge in [0, 0.05) is 43.0 Å². The van der Waals surface area contributed by atoms with E-state index in [1.165, 1.54) is 243 Å². The van der Waals surface area contributed by atoms with Gasteiger partial charge in [0.05, 0.1) is 0 Å². The van der Waals surface area contributed by atoms with Crippen molar-refractivity contribution >= 4 is 171 Å². The van der Waals surface area contributed by atoms with Crippen molar-refractivity contribution in [1.82, 2.24) is 0 Å². The molecule has 12 nitrogen and oxygen atoms in total. The van der Waals surface area contributed by atoms with Crippen molar-refractivity contribution in [3.05, 3.63) is 348 Å². The Morgan fingerprint density at radius 1 is 0.216 bits per heavy atom. The first-order chi connectivity index (χ1) is 70.2. The van der Waals surface area contributed by atoms with Gasteiger partial charge in [-0.15, -0.1) is 39.3 Å². The van der Waals surface area contributed by atoms with E-state index in [1.54, 1.807) is 6.07 Å². The number of rotatable bonds is 30. The number of hydrogen-bond donors (Lipinski definition) is 6. The SMILES string of the molecule is CC[N-]Cc1cccc(C)c1Pc1cc(C(C)(C)C)cc(C(C)(C)C)c1O.CC[N-]Cc1cccc(C)c1Pc1cc(C(C)(C)C)cc(C)c1O.CC[N-]Cc1cccc(C)c1Pc1cc(C)cc(C(C)(C)C)c1O.CC[N-]Cc1cccc(C)c1Pc1cc(C)cc(C)c1O.CC[N-]Cc1cccc(C)c1Pc1cc(C)ccc1O.CC[N-]Cc1cccc(C)c1Pc1cccc(C)c1O.[Cl][Ti+].[Cl][Ti+].[Cl][Ti+].[Cl][Ti+].[Cl][Ti+].[Cl][Ti+]. The van der Waals surface area contributed by atoms with Gasteiger partial charge in [0.2, 0.25) is 0 Å². The molecule has 0 aromatic heterocycles. The van der Waals surface area contributed by atoms with Crippen molar-refractivity contribution in [2.45, 2.75) is 269 Å². The molecule has 12 aromatic rings. The number of phenols is 6. The summed E-state index contributed by atoms with van der Waals surface area (Å²) < 4.78 is 0. The molecule has 0 aliphatic rings. The number of hydrogen-bond acceptors (Lipinski definition) is 6. The van der Waals surface area contributed by atoms with E-state index >= 15 is 0 Å². The molecule has 6 N–H and O–H groups in total. The third-order valence-electron chi connectivity index (χ3n) is 23.6. The Morgan fingerprint density at radius 3 is 0.730 bits per heavy atom. The maximum atomic E-state index is 11.1. The van der Waals surface area contributed by atoms with Crippen LogP contribution in [0.2, 0.25) is 0 Å². The third-order valence-corrected chi connectivity index (χ3v) is 33.3. The van der Waals surface area contributed by atoms with Crippen molar-refractivity contribution in [2.24, 2.45) is 0 Å². The van der Waals surface area contributed by atoms with Gasteiger partial charge < -0.3 is 62.5 Å². The van der Waals surface area contributed by atoms with Gasteiger partial charge in [-0.05, 0) is 245 Å². The molecule has 12 rings (SSSR count). The molecule has 0 bridgehead atoms. The fourth-order valence-electron chi connectivity index (χ4n) is 15.5. The summed E-state index contributed by atoms with van der Waals surface area (Å²) in [6.07, 6.45) is 0. The van der Waals surface area contributed by atoms with Gasteiger partial charge in [0.25, 0.3) is 0 Å². The van der Waals surface area contributed by atoms with Gasteiger partial charge in [-0.1, -0.05) is 373 Å². The average molecular weight is 2440 g/mol. The molecule has 148 heavy (non-hydrogen) atoms. The normalized spacial score (nSPS) is 11.2. The fourth-order valence-corrected chi connectivity index (χ4v) is 23.9. The van der Waals surface area contributed by atoms with Gasteiger partial charge in [0.1, 0.15) is 34.5 Å². The molecule has 0 radical (unpaired) electrons. The molecule has 0 heterocycles. The van der Waals surface area contributed by atoms with Crippen LogP contribution in [-0.2, 0) is 177 Å².